The Morgan fingerprint density at radius 1 is 1.18 bits per heavy atom. The van der Waals surface area contributed by atoms with Gasteiger partial charge in [-0.25, -0.2) is 0 Å². The summed E-state index contributed by atoms with van der Waals surface area (Å²) in [6.07, 6.45) is 0. The van der Waals surface area contributed by atoms with Crippen molar-refractivity contribution in [2.24, 2.45) is 5.41 Å². The van der Waals surface area contributed by atoms with Crippen LogP contribution < -0.4 is 0 Å². The fraction of sp³-hybridized carbons (Fsp3) is 0.875. The first-order valence-electron chi connectivity index (χ1n) is 3.89. The molecule has 11 heavy (non-hydrogen) atoms. The molecule has 0 aromatic rings. The van der Waals surface area contributed by atoms with Gasteiger partial charge in [0.1, 0.15) is 0 Å². The van der Waals surface area contributed by atoms with E-state index in [0.29, 0.717) is 0 Å². The lowest BCUT2D eigenvalue weighted by Gasteiger charge is -2.30. The maximum Gasteiger partial charge on any atom is 0.0801 e. The molecule has 0 saturated carbocycles. The van der Waals surface area contributed by atoms with Gasteiger partial charge in [0, 0.05) is 7.56 Å². The van der Waals surface area contributed by atoms with Crippen molar-refractivity contribution >= 4 is 31.8 Å². The average Bonchev–Trinajstić information content (AvgIpc) is 1.56. The minimum Gasteiger partial charge on any atom is -0.0656 e. The molecule has 0 saturated heterocycles. The summed E-state index contributed by atoms with van der Waals surface area (Å²) in [6, 6.07) is 0. The number of rotatable bonds is 1. The van der Waals surface area contributed by atoms with Gasteiger partial charge in [-0.1, -0.05) is 51.7 Å². The van der Waals surface area contributed by atoms with Crippen molar-refractivity contribution in [2.45, 2.75) is 40.4 Å². The van der Waals surface area contributed by atoms with Crippen molar-refractivity contribution in [3.05, 3.63) is 0 Å². The van der Waals surface area contributed by atoms with Gasteiger partial charge in [0.05, 0.1) is 8.07 Å². The van der Waals surface area contributed by atoms with Crippen LogP contribution in [0, 0.1) is 5.41 Å². The van der Waals surface area contributed by atoms with Crippen LogP contribution in [0.4, 0.5) is 0 Å². The van der Waals surface area contributed by atoms with Crippen LogP contribution in [0.5, 0.6) is 0 Å². The maximum atomic E-state index is 5.91. The summed E-state index contributed by atoms with van der Waals surface area (Å²) < 4.78 is 0. The van der Waals surface area contributed by atoms with Gasteiger partial charge in [-0.15, -0.1) is 0 Å². The van der Waals surface area contributed by atoms with Gasteiger partial charge in [0.15, 0.2) is 0 Å². The third kappa shape index (κ3) is 3.73. The van der Waals surface area contributed by atoms with Gasteiger partial charge in [-0.05, 0) is 10.3 Å². The van der Waals surface area contributed by atoms with Crippen LogP contribution >= 0.6 is 18.8 Å². The lowest BCUT2D eigenvalue weighted by atomic mass is 10.0. The third-order valence-corrected chi connectivity index (χ3v) is 7.80. The first-order valence-corrected chi connectivity index (χ1v) is 9.19. The Labute approximate surface area is 77.9 Å². The molecule has 0 aromatic carbocycles. The van der Waals surface area contributed by atoms with Gasteiger partial charge in [-0.2, -0.15) is 0 Å². The topological polar surface area (TPSA) is 0 Å². The van der Waals surface area contributed by atoms with Crippen LogP contribution in [0.1, 0.15) is 20.8 Å². The third-order valence-electron chi connectivity index (χ3n) is 1.51. The van der Waals surface area contributed by atoms with Crippen LogP contribution in [0.15, 0.2) is 0 Å². The van der Waals surface area contributed by atoms with E-state index in [1.165, 1.54) is 4.92 Å². The molecule has 0 spiro atoms. The predicted octanol–water partition coefficient (Wildman–Crippen LogP) is 4.18. The van der Waals surface area contributed by atoms with Crippen LogP contribution in [0.3, 0.4) is 0 Å². The Bertz CT molecular complexity index is 146. The first-order chi connectivity index (χ1) is 4.69. The van der Waals surface area contributed by atoms with E-state index in [0.717, 1.165) is 7.56 Å². The Kier molecular flexibility index (Phi) is 3.82. The smallest absolute Gasteiger partial charge is 0.0656 e. The van der Waals surface area contributed by atoms with Gasteiger partial charge >= 0.3 is 0 Å². The summed E-state index contributed by atoms with van der Waals surface area (Å²) in [5.41, 5.74) is 0.285. The fourth-order valence-electron chi connectivity index (χ4n) is 1.38. The minimum absolute atomic E-state index is 0.285. The second-order valence-corrected chi connectivity index (χ2v) is 11.5. The predicted molar refractivity (Wildman–Crippen MR) is 60.6 cm³/mol. The highest BCUT2D eigenvalue weighted by molar-refractivity contribution is 7.73. The number of halogens is 1. The second kappa shape index (κ2) is 3.59. The van der Waals surface area contributed by atoms with E-state index < -0.39 is 8.07 Å². The summed E-state index contributed by atoms with van der Waals surface area (Å²) in [6.45, 7) is 13.8. The standard InChI is InChI=1S/C8H18ClPSi/c1-8(2,3)7(10-9)11(4,5)6/h1-6H3. The van der Waals surface area contributed by atoms with Crippen molar-refractivity contribution in [3.8, 4) is 0 Å². The number of hydrogen-bond acceptors (Lipinski definition) is 0. The second-order valence-electron chi connectivity index (χ2n) is 4.93. The van der Waals surface area contributed by atoms with Crippen LogP contribution in [-0.4, -0.2) is 13.0 Å². The zero-order valence-electron chi connectivity index (χ0n) is 8.33. The van der Waals surface area contributed by atoms with E-state index >= 15 is 0 Å². The Morgan fingerprint density at radius 3 is 1.55 bits per heavy atom. The van der Waals surface area contributed by atoms with Crippen molar-refractivity contribution in [1.82, 2.24) is 0 Å². The molecular weight excluding hydrogens is 191 g/mol. The summed E-state index contributed by atoms with van der Waals surface area (Å²) >= 11 is 5.91. The van der Waals surface area contributed by atoms with Gasteiger partial charge < -0.3 is 0 Å². The van der Waals surface area contributed by atoms with Gasteiger partial charge in [0.2, 0.25) is 0 Å². The molecule has 0 amide bonds. The highest BCUT2D eigenvalue weighted by Crippen LogP contribution is 2.29. The quantitative estimate of drug-likeness (QED) is 0.448. The molecule has 0 aromatic heterocycles. The average molecular weight is 209 g/mol. The Balaban J connectivity index is 4.74. The van der Waals surface area contributed by atoms with E-state index in [1.54, 1.807) is 0 Å². The SMILES string of the molecule is CC(C)(C)C(=PCl)[Si](C)(C)C. The van der Waals surface area contributed by atoms with Crippen LogP contribution in [0.25, 0.3) is 0 Å². The molecular formula is C8H18ClPSi. The van der Waals surface area contributed by atoms with Crippen molar-refractivity contribution < 1.29 is 0 Å². The zero-order chi connectivity index (χ0) is 9.28. The fourth-order valence-corrected chi connectivity index (χ4v) is 7.94. The molecule has 0 heterocycles. The molecule has 3 heteroatoms. The molecule has 0 N–H and O–H groups in total. The summed E-state index contributed by atoms with van der Waals surface area (Å²) in [4.78, 5) is 1.53. The lowest BCUT2D eigenvalue weighted by Crippen LogP contribution is -2.40. The molecule has 0 aliphatic carbocycles. The van der Waals surface area contributed by atoms with E-state index in [1.807, 2.05) is 0 Å². The first kappa shape index (κ1) is 11.7. The monoisotopic (exact) mass is 208 g/mol. The molecule has 0 bridgehead atoms. The highest BCUT2D eigenvalue weighted by atomic mass is 35.7. The van der Waals surface area contributed by atoms with Crippen LogP contribution in [-0.2, 0) is 0 Å². The van der Waals surface area contributed by atoms with E-state index in [9.17, 15) is 0 Å². The lowest BCUT2D eigenvalue weighted by molar-refractivity contribution is 0.607. The molecule has 0 aliphatic heterocycles. The van der Waals surface area contributed by atoms with E-state index in [4.69, 9.17) is 11.2 Å². The minimum atomic E-state index is -1.15. The Hall–Kier alpha value is 0.677. The largest absolute Gasteiger partial charge is 0.0801 e. The molecule has 0 rings (SSSR count). The molecule has 0 unspecified atom stereocenters. The number of hydrogen-bond donors (Lipinski definition) is 0. The molecule has 0 aliphatic rings. The van der Waals surface area contributed by atoms with Crippen molar-refractivity contribution in [3.63, 3.8) is 0 Å². The zero-order valence-corrected chi connectivity index (χ0v) is 11.0. The van der Waals surface area contributed by atoms with E-state index in [2.05, 4.69) is 40.4 Å². The normalized spacial score (nSPS) is 15.4. The van der Waals surface area contributed by atoms with Crippen molar-refractivity contribution in [2.75, 3.05) is 0 Å². The molecule has 0 fully saturated rings. The van der Waals surface area contributed by atoms with E-state index in [-0.39, 0.29) is 5.41 Å². The molecule has 0 radical (unpaired) electrons. The highest BCUT2D eigenvalue weighted by Gasteiger charge is 2.29. The summed E-state index contributed by atoms with van der Waals surface area (Å²) in [5.74, 6) is 0. The molecule has 0 atom stereocenters. The van der Waals surface area contributed by atoms with Gasteiger partial charge in [0.25, 0.3) is 0 Å². The van der Waals surface area contributed by atoms with Crippen molar-refractivity contribution in [1.29, 1.82) is 0 Å². The van der Waals surface area contributed by atoms with Gasteiger partial charge in [-0.3, -0.25) is 0 Å². The van der Waals surface area contributed by atoms with Crippen LogP contribution in [0.2, 0.25) is 19.6 Å². The summed E-state index contributed by atoms with van der Waals surface area (Å²) in [5, 5.41) is 0. The summed E-state index contributed by atoms with van der Waals surface area (Å²) in [7, 11) is -0.181. The molecule has 66 valence electrons. The maximum absolute atomic E-state index is 5.91. The molecule has 0 nitrogen and oxygen atoms in total. The Morgan fingerprint density at radius 2 is 1.55 bits per heavy atom.